The van der Waals surface area contributed by atoms with E-state index in [9.17, 15) is 0 Å². The summed E-state index contributed by atoms with van der Waals surface area (Å²) in [5, 5.41) is 17.5. The summed E-state index contributed by atoms with van der Waals surface area (Å²) in [4.78, 5) is 0. The van der Waals surface area contributed by atoms with Gasteiger partial charge in [0.2, 0.25) is 0 Å². The summed E-state index contributed by atoms with van der Waals surface area (Å²) >= 11 is 0. The summed E-state index contributed by atoms with van der Waals surface area (Å²) in [6.45, 7) is -0.0939. The first-order valence-electron chi connectivity index (χ1n) is 3.59. The predicted octanol–water partition coefficient (Wildman–Crippen LogP) is -0.149. The topological polar surface area (TPSA) is 49.7 Å². The van der Waals surface area contributed by atoms with Crippen molar-refractivity contribution in [2.75, 3.05) is 13.2 Å². The number of hydrogen-bond donors (Lipinski definition) is 2. The van der Waals surface area contributed by atoms with Crippen molar-refractivity contribution in [3.05, 3.63) is 24.3 Å². The molecule has 2 atom stereocenters. The van der Waals surface area contributed by atoms with Crippen molar-refractivity contribution in [2.45, 2.75) is 12.2 Å². The van der Waals surface area contributed by atoms with E-state index in [4.69, 9.17) is 14.9 Å². The molecule has 62 valence electrons. The third kappa shape index (κ3) is 2.46. The average molecular weight is 156 g/mol. The smallest absolute Gasteiger partial charge is 0.0998 e. The Morgan fingerprint density at radius 2 is 1.45 bits per heavy atom. The third-order valence-corrected chi connectivity index (χ3v) is 1.47. The molecule has 1 aliphatic heterocycles. The molecule has 0 bridgehead atoms. The molecule has 3 heteroatoms. The van der Waals surface area contributed by atoms with Crippen molar-refractivity contribution in [3.8, 4) is 0 Å². The van der Waals surface area contributed by atoms with Gasteiger partial charge in [-0.05, 0) is 0 Å². The molecular weight excluding hydrogens is 144 g/mol. The molecule has 0 fully saturated rings. The minimum absolute atomic E-state index is 0.0469. The van der Waals surface area contributed by atoms with E-state index in [0.29, 0.717) is 0 Å². The molecule has 0 aromatic heterocycles. The molecule has 0 radical (unpaired) electrons. The van der Waals surface area contributed by atoms with Crippen LogP contribution >= 0.6 is 0 Å². The molecule has 11 heavy (non-hydrogen) atoms. The molecule has 0 amide bonds. The van der Waals surface area contributed by atoms with E-state index >= 15 is 0 Å². The van der Waals surface area contributed by atoms with Crippen molar-refractivity contribution in [1.82, 2.24) is 0 Å². The molecule has 3 nitrogen and oxygen atoms in total. The molecule has 0 saturated carbocycles. The molecule has 2 unspecified atom stereocenters. The maximum absolute atomic E-state index is 8.74. The highest BCUT2D eigenvalue weighted by atomic mass is 16.5. The van der Waals surface area contributed by atoms with Crippen molar-refractivity contribution in [3.63, 3.8) is 0 Å². The second kappa shape index (κ2) is 4.28. The Labute approximate surface area is 65.6 Å². The first-order chi connectivity index (χ1) is 5.36. The highest BCUT2D eigenvalue weighted by Crippen LogP contribution is 2.05. The van der Waals surface area contributed by atoms with Gasteiger partial charge < -0.3 is 14.9 Å². The van der Waals surface area contributed by atoms with E-state index in [1.807, 2.05) is 0 Å². The van der Waals surface area contributed by atoms with E-state index < -0.39 is 0 Å². The van der Waals surface area contributed by atoms with E-state index in [0.717, 1.165) is 0 Å². The zero-order valence-electron chi connectivity index (χ0n) is 6.18. The van der Waals surface area contributed by atoms with Gasteiger partial charge in [0.25, 0.3) is 0 Å². The molecule has 1 aliphatic rings. The third-order valence-electron chi connectivity index (χ3n) is 1.47. The summed E-state index contributed by atoms with van der Waals surface area (Å²) in [5.74, 6) is 0. The normalized spacial score (nSPS) is 30.4. The van der Waals surface area contributed by atoms with E-state index in [2.05, 4.69) is 0 Å². The Morgan fingerprint density at radius 3 is 1.82 bits per heavy atom. The zero-order chi connectivity index (χ0) is 8.10. The second-order valence-electron chi connectivity index (χ2n) is 2.35. The molecule has 0 aromatic carbocycles. The van der Waals surface area contributed by atoms with Crippen LogP contribution in [0.5, 0.6) is 0 Å². The van der Waals surface area contributed by atoms with Gasteiger partial charge in [-0.1, -0.05) is 24.3 Å². The lowest BCUT2D eigenvalue weighted by atomic mass is 10.3. The fraction of sp³-hybridized carbons (Fsp3) is 0.500. The Balaban J connectivity index is 2.51. The summed E-state index contributed by atoms with van der Waals surface area (Å²) in [7, 11) is 0. The summed E-state index contributed by atoms with van der Waals surface area (Å²) in [5.41, 5.74) is 0. The maximum Gasteiger partial charge on any atom is 0.0998 e. The Kier molecular flexibility index (Phi) is 3.29. The van der Waals surface area contributed by atoms with Crippen LogP contribution in [0.25, 0.3) is 0 Å². The van der Waals surface area contributed by atoms with E-state index in [1.165, 1.54) is 0 Å². The monoisotopic (exact) mass is 156 g/mol. The number of allylic oxidation sites excluding steroid dienone is 2. The molecular formula is C8H12O3. The Morgan fingerprint density at radius 1 is 1.00 bits per heavy atom. The van der Waals surface area contributed by atoms with Gasteiger partial charge in [0.05, 0.1) is 25.4 Å². The van der Waals surface area contributed by atoms with Crippen LogP contribution in [0.15, 0.2) is 24.3 Å². The van der Waals surface area contributed by atoms with Crippen LogP contribution in [0, 0.1) is 0 Å². The highest BCUT2D eigenvalue weighted by molar-refractivity contribution is 5.10. The number of hydrogen-bond acceptors (Lipinski definition) is 3. The van der Waals surface area contributed by atoms with Gasteiger partial charge >= 0.3 is 0 Å². The number of aliphatic hydroxyl groups excluding tert-OH is 2. The molecule has 2 N–H and O–H groups in total. The Bertz CT molecular complexity index is 145. The number of rotatable bonds is 2. The van der Waals surface area contributed by atoms with E-state index in [-0.39, 0.29) is 25.4 Å². The summed E-state index contributed by atoms with van der Waals surface area (Å²) in [6, 6.07) is 0. The summed E-state index contributed by atoms with van der Waals surface area (Å²) < 4.78 is 5.24. The van der Waals surface area contributed by atoms with Gasteiger partial charge in [-0.2, -0.15) is 0 Å². The van der Waals surface area contributed by atoms with Gasteiger partial charge in [0, 0.05) is 0 Å². The van der Waals surface area contributed by atoms with Crippen molar-refractivity contribution < 1.29 is 14.9 Å². The van der Waals surface area contributed by atoms with Crippen LogP contribution in [0.3, 0.4) is 0 Å². The van der Waals surface area contributed by atoms with Gasteiger partial charge in [0.15, 0.2) is 0 Å². The quantitative estimate of drug-likeness (QED) is 0.584. The first-order valence-corrected chi connectivity index (χ1v) is 3.59. The molecule has 0 aromatic rings. The largest absolute Gasteiger partial charge is 0.393 e. The Hall–Kier alpha value is -0.640. The minimum Gasteiger partial charge on any atom is -0.393 e. The van der Waals surface area contributed by atoms with Crippen LogP contribution < -0.4 is 0 Å². The van der Waals surface area contributed by atoms with Crippen LogP contribution in [0.1, 0.15) is 0 Å². The second-order valence-corrected chi connectivity index (χ2v) is 2.35. The number of aliphatic hydroxyl groups is 2. The fourth-order valence-electron chi connectivity index (χ4n) is 0.899. The lowest BCUT2D eigenvalue weighted by Crippen LogP contribution is -2.23. The molecule has 0 spiro atoms. The average Bonchev–Trinajstić information content (AvgIpc) is 2.28. The van der Waals surface area contributed by atoms with Gasteiger partial charge in [-0.3, -0.25) is 0 Å². The molecule has 0 saturated heterocycles. The maximum atomic E-state index is 8.74. The summed E-state index contributed by atoms with van der Waals surface area (Å²) in [6.07, 6.45) is 6.54. The van der Waals surface area contributed by atoms with E-state index in [1.54, 1.807) is 24.3 Å². The standard InChI is InChI=1S/C8H12O3/c9-5-7-3-1-2-4-8(6-10)11-7/h1-4,7-10H,5-6H2. The zero-order valence-corrected chi connectivity index (χ0v) is 6.18. The van der Waals surface area contributed by atoms with Crippen molar-refractivity contribution in [2.24, 2.45) is 0 Å². The van der Waals surface area contributed by atoms with Gasteiger partial charge in [-0.15, -0.1) is 0 Å². The van der Waals surface area contributed by atoms with Crippen LogP contribution in [0.4, 0.5) is 0 Å². The molecule has 1 rings (SSSR count). The van der Waals surface area contributed by atoms with Gasteiger partial charge in [-0.25, -0.2) is 0 Å². The van der Waals surface area contributed by atoms with Crippen LogP contribution in [-0.4, -0.2) is 35.6 Å². The first kappa shape index (κ1) is 8.46. The van der Waals surface area contributed by atoms with Crippen molar-refractivity contribution >= 4 is 0 Å². The van der Waals surface area contributed by atoms with Crippen LogP contribution in [-0.2, 0) is 4.74 Å². The molecule has 1 heterocycles. The van der Waals surface area contributed by atoms with Crippen molar-refractivity contribution in [1.29, 1.82) is 0 Å². The van der Waals surface area contributed by atoms with Crippen LogP contribution in [0.2, 0.25) is 0 Å². The SMILES string of the molecule is OCC1C=CC=CC(CO)O1. The predicted molar refractivity (Wildman–Crippen MR) is 41.1 cm³/mol. The lowest BCUT2D eigenvalue weighted by Gasteiger charge is -2.14. The number of ether oxygens (including phenoxy) is 1. The highest BCUT2D eigenvalue weighted by Gasteiger charge is 2.11. The fourth-order valence-corrected chi connectivity index (χ4v) is 0.899. The minimum atomic E-state index is -0.290. The lowest BCUT2D eigenvalue weighted by molar-refractivity contribution is -0.0141. The van der Waals surface area contributed by atoms with Gasteiger partial charge in [0.1, 0.15) is 0 Å². The molecule has 0 aliphatic carbocycles.